The molecular formula is C12H17NS. The molecule has 14 heavy (non-hydrogen) atoms. The molecule has 0 spiro atoms. The van der Waals surface area contributed by atoms with Crippen molar-refractivity contribution in [3.63, 3.8) is 0 Å². The minimum Gasteiger partial charge on any atom is -0.310 e. The van der Waals surface area contributed by atoms with Crippen LogP contribution < -0.4 is 5.32 Å². The summed E-state index contributed by atoms with van der Waals surface area (Å²) in [5, 5.41) is 3.56. The Hall–Kier alpha value is -0.470. The number of hydrogen-bond donors (Lipinski definition) is 1. The Bertz CT molecular complexity index is 294. The molecule has 1 aromatic rings. The van der Waals surface area contributed by atoms with Crippen molar-refractivity contribution in [2.75, 3.05) is 5.75 Å². The van der Waals surface area contributed by atoms with Crippen molar-refractivity contribution in [1.29, 1.82) is 0 Å². The van der Waals surface area contributed by atoms with Crippen LogP contribution in [0.2, 0.25) is 0 Å². The van der Waals surface area contributed by atoms with Crippen LogP contribution in [0.25, 0.3) is 0 Å². The Morgan fingerprint density at radius 1 is 1.36 bits per heavy atom. The molecular weight excluding hydrogens is 190 g/mol. The average molecular weight is 207 g/mol. The van der Waals surface area contributed by atoms with Gasteiger partial charge >= 0.3 is 0 Å². The second-order valence-corrected chi connectivity index (χ2v) is 5.00. The Balaban J connectivity index is 1.97. The van der Waals surface area contributed by atoms with Crippen LogP contribution in [0.5, 0.6) is 0 Å². The van der Waals surface area contributed by atoms with Crippen LogP contribution in [0.4, 0.5) is 0 Å². The zero-order chi connectivity index (χ0) is 9.80. The molecule has 0 atom stereocenters. The summed E-state index contributed by atoms with van der Waals surface area (Å²) >= 11 is 1.93. The van der Waals surface area contributed by atoms with Crippen LogP contribution in [0.15, 0.2) is 29.2 Å². The van der Waals surface area contributed by atoms with E-state index in [1.54, 1.807) is 0 Å². The molecule has 0 heterocycles. The molecule has 1 saturated carbocycles. The fourth-order valence-corrected chi connectivity index (χ4v) is 2.30. The van der Waals surface area contributed by atoms with Crippen LogP contribution in [-0.4, -0.2) is 11.8 Å². The second-order valence-electron chi connectivity index (χ2n) is 3.70. The number of rotatable bonds is 5. The van der Waals surface area contributed by atoms with Crippen molar-refractivity contribution < 1.29 is 0 Å². The molecule has 1 fully saturated rings. The van der Waals surface area contributed by atoms with Crippen molar-refractivity contribution in [2.24, 2.45) is 0 Å². The van der Waals surface area contributed by atoms with Crippen LogP contribution in [0, 0.1) is 0 Å². The van der Waals surface area contributed by atoms with Gasteiger partial charge in [-0.3, -0.25) is 0 Å². The SMILES string of the molecule is CCSc1ccccc1CNC1CC1. The number of hydrogen-bond acceptors (Lipinski definition) is 2. The van der Waals surface area contributed by atoms with Gasteiger partial charge in [-0.2, -0.15) is 0 Å². The first-order valence-corrected chi connectivity index (χ1v) is 6.33. The highest BCUT2D eigenvalue weighted by molar-refractivity contribution is 7.99. The maximum Gasteiger partial charge on any atom is 0.0219 e. The van der Waals surface area contributed by atoms with Crippen molar-refractivity contribution in [1.82, 2.24) is 5.32 Å². The summed E-state index contributed by atoms with van der Waals surface area (Å²) in [7, 11) is 0. The molecule has 0 radical (unpaired) electrons. The van der Waals surface area contributed by atoms with Crippen molar-refractivity contribution in [3.8, 4) is 0 Å². The van der Waals surface area contributed by atoms with E-state index in [4.69, 9.17) is 0 Å². The smallest absolute Gasteiger partial charge is 0.0219 e. The van der Waals surface area contributed by atoms with Crippen molar-refractivity contribution in [3.05, 3.63) is 29.8 Å². The predicted octanol–water partition coefficient (Wildman–Crippen LogP) is 3.05. The quantitative estimate of drug-likeness (QED) is 0.745. The summed E-state index contributed by atoms with van der Waals surface area (Å²) in [5.41, 5.74) is 1.45. The molecule has 1 aliphatic carbocycles. The summed E-state index contributed by atoms with van der Waals surface area (Å²) in [6.45, 7) is 3.24. The zero-order valence-corrected chi connectivity index (χ0v) is 9.44. The van der Waals surface area contributed by atoms with Gasteiger partial charge in [-0.1, -0.05) is 25.1 Å². The van der Waals surface area contributed by atoms with E-state index in [0.717, 1.165) is 18.3 Å². The van der Waals surface area contributed by atoms with Crippen LogP contribution in [0.1, 0.15) is 25.3 Å². The predicted molar refractivity (Wildman–Crippen MR) is 62.7 cm³/mol. The van der Waals surface area contributed by atoms with Gasteiger partial charge < -0.3 is 5.32 Å². The summed E-state index contributed by atoms with van der Waals surface area (Å²) in [6.07, 6.45) is 2.73. The fourth-order valence-electron chi connectivity index (χ4n) is 1.49. The summed E-state index contributed by atoms with van der Waals surface area (Å²) in [6, 6.07) is 9.50. The van der Waals surface area contributed by atoms with Gasteiger partial charge in [0, 0.05) is 17.5 Å². The van der Waals surface area contributed by atoms with Crippen LogP contribution in [-0.2, 0) is 6.54 Å². The largest absolute Gasteiger partial charge is 0.310 e. The molecule has 76 valence electrons. The molecule has 2 heteroatoms. The van der Waals surface area contributed by atoms with Gasteiger partial charge in [0.15, 0.2) is 0 Å². The van der Waals surface area contributed by atoms with Crippen molar-refractivity contribution in [2.45, 2.75) is 37.2 Å². The molecule has 0 aromatic heterocycles. The number of thioether (sulfide) groups is 1. The third-order valence-electron chi connectivity index (χ3n) is 2.43. The molecule has 0 bridgehead atoms. The van der Waals surface area contributed by atoms with E-state index >= 15 is 0 Å². The Labute approximate surface area is 90.3 Å². The minimum atomic E-state index is 0.801. The molecule has 2 rings (SSSR count). The molecule has 0 amide bonds. The standard InChI is InChI=1S/C12H17NS/c1-2-14-12-6-4-3-5-10(12)9-13-11-7-8-11/h3-6,11,13H,2,7-9H2,1H3. The topological polar surface area (TPSA) is 12.0 Å². The zero-order valence-electron chi connectivity index (χ0n) is 8.62. The van der Waals surface area contributed by atoms with Gasteiger partial charge in [-0.25, -0.2) is 0 Å². The third kappa shape index (κ3) is 2.76. The highest BCUT2D eigenvalue weighted by atomic mass is 32.2. The van der Waals surface area contributed by atoms with E-state index in [9.17, 15) is 0 Å². The van der Waals surface area contributed by atoms with Gasteiger partial charge in [0.25, 0.3) is 0 Å². The van der Waals surface area contributed by atoms with Gasteiger partial charge in [0.05, 0.1) is 0 Å². The fraction of sp³-hybridized carbons (Fsp3) is 0.500. The van der Waals surface area contributed by atoms with E-state index in [-0.39, 0.29) is 0 Å². The lowest BCUT2D eigenvalue weighted by Crippen LogP contribution is -2.15. The lowest BCUT2D eigenvalue weighted by molar-refractivity contribution is 0.680. The average Bonchev–Trinajstić information content (AvgIpc) is 3.01. The normalized spacial score (nSPS) is 15.8. The highest BCUT2D eigenvalue weighted by Crippen LogP contribution is 2.24. The first-order valence-electron chi connectivity index (χ1n) is 5.34. The summed E-state index contributed by atoms with van der Waals surface area (Å²) in [4.78, 5) is 1.43. The summed E-state index contributed by atoms with van der Waals surface area (Å²) < 4.78 is 0. The first kappa shape index (κ1) is 10.1. The number of benzene rings is 1. The molecule has 0 saturated heterocycles. The lowest BCUT2D eigenvalue weighted by atomic mass is 10.2. The van der Waals surface area contributed by atoms with E-state index in [0.29, 0.717) is 0 Å². The Kier molecular flexibility index (Phi) is 3.49. The maximum atomic E-state index is 3.56. The van der Waals surface area contributed by atoms with Gasteiger partial charge in [0.2, 0.25) is 0 Å². The molecule has 1 aliphatic rings. The van der Waals surface area contributed by atoms with Gasteiger partial charge in [-0.15, -0.1) is 11.8 Å². The Morgan fingerprint density at radius 2 is 2.14 bits per heavy atom. The van der Waals surface area contributed by atoms with Crippen molar-refractivity contribution >= 4 is 11.8 Å². The maximum absolute atomic E-state index is 3.56. The highest BCUT2D eigenvalue weighted by Gasteiger charge is 2.20. The molecule has 1 nitrogen and oxygen atoms in total. The Morgan fingerprint density at radius 3 is 2.86 bits per heavy atom. The van der Waals surface area contributed by atoms with Crippen LogP contribution in [0.3, 0.4) is 0 Å². The summed E-state index contributed by atoms with van der Waals surface area (Å²) in [5.74, 6) is 1.15. The van der Waals surface area contributed by atoms with E-state index in [2.05, 4.69) is 36.5 Å². The molecule has 0 aliphatic heterocycles. The number of nitrogens with one attached hydrogen (secondary N) is 1. The molecule has 1 N–H and O–H groups in total. The molecule has 1 aromatic carbocycles. The monoisotopic (exact) mass is 207 g/mol. The van der Waals surface area contributed by atoms with E-state index in [1.165, 1.54) is 23.3 Å². The van der Waals surface area contributed by atoms with E-state index < -0.39 is 0 Å². The lowest BCUT2D eigenvalue weighted by Gasteiger charge is -2.08. The first-order chi connectivity index (χ1) is 6.90. The van der Waals surface area contributed by atoms with Gasteiger partial charge in [-0.05, 0) is 30.2 Å². The van der Waals surface area contributed by atoms with Gasteiger partial charge in [0.1, 0.15) is 0 Å². The second kappa shape index (κ2) is 4.85. The third-order valence-corrected chi connectivity index (χ3v) is 3.43. The van der Waals surface area contributed by atoms with E-state index in [1.807, 2.05) is 11.8 Å². The van der Waals surface area contributed by atoms with Crippen LogP contribution >= 0.6 is 11.8 Å². The molecule has 0 unspecified atom stereocenters. The minimum absolute atomic E-state index is 0.801.